The van der Waals surface area contributed by atoms with Gasteiger partial charge in [-0.3, -0.25) is 0 Å². The average Bonchev–Trinajstić information content (AvgIpc) is 1.78. The highest BCUT2D eigenvalue weighted by molar-refractivity contribution is 5.66. The number of rotatable bonds is 0. The van der Waals surface area contributed by atoms with Crippen LogP contribution in [0.2, 0.25) is 0 Å². The molecule has 1 aliphatic heterocycles. The molecule has 1 aromatic rings. The molecule has 0 spiro atoms. The van der Waals surface area contributed by atoms with Gasteiger partial charge in [0.15, 0.2) is 0 Å². The predicted molar refractivity (Wildman–Crippen MR) is 35.4 cm³/mol. The summed E-state index contributed by atoms with van der Waals surface area (Å²) >= 11 is 0. The second-order valence-electron chi connectivity index (χ2n) is 2.19. The van der Waals surface area contributed by atoms with Gasteiger partial charge in [-0.2, -0.15) is 0 Å². The molecule has 2 heteroatoms. The topological polar surface area (TPSA) is 24.7 Å². The molecule has 0 radical (unpaired) electrons. The van der Waals surface area contributed by atoms with E-state index in [1.807, 2.05) is 25.1 Å². The molecular weight excluding hydrogens is 112 g/mol. The molecule has 0 aliphatic carbocycles. The fourth-order valence-corrected chi connectivity index (χ4v) is 0.861. The van der Waals surface area contributed by atoms with Crippen molar-refractivity contribution < 1.29 is 0 Å². The van der Waals surface area contributed by atoms with E-state index in [4.69, 9.17) is 0 Å². The Balaban J connectivity index is 2.63. The van der Waals surface area contributed by atoms with Gasteiger partial charge >= 0.3 is 0 Å². The van der Waals surface area contributed by atoms with Crippen molar-refractivity contribution in [1.82, 2.24) is 0 Å². The Hall–Kier alpha value is -1.18. The molecule has 0 amide bonds. The van der Waals surface area contributed by atoms with Gasteiger partial charge in [0.25, 0.3) is 0 Å². The van der Waals surface area contributed by atoms with Crippen molar-refractivity contribution >= 4 is 11.4 Å². The second kappa shape index (κ2) is 1.41. The van der Waals surface area contributed by atoms with Gasteiger partial charge in [0, 0.05) is 0 Å². The maximum Gasteiger partial charge on any atom is 0.113 e. The standard InChI is InChI=1S/C7H6N2/c1-5-2-3-6-7(4-5)9-8-6/h2-4H,1H3. The molecule has 0 N–H and O–H groups in total. The van der Waals surface area contributed by atoms with Crippen molar-refractivity contribution in [3.63, 3.8) is 0 Å². The van der Waals surface area contributed by atoms with Gasteiger partial charge in [-0.1, -0.05) is 6.07 Å². The molecule has 2 nitrogen and oxygen atoms in total. The molecule has 1 heterocycles. The lowest BCUT2D eigenvalue weighted by molar-refractivity contribution is 1.13. The number of azo groups is 1. The van der Waals surface area contributed by atoms with E-state index >= 15 is 0 Å². The number of benzene rings is 1. The Morgan fingerprint density at radius 1 is 1.11 bits per heavy atom. The normalized spacial score (nSPS) is 12.6. The minimum atomic E-state index is 1.01. The summed E-state index contributed by atoms with van der Waals surface area (Å²) in [4.78, 5) is 0. The summed E-state index contributed by atoms with van der Waals surface area (Å²) in [7, 11) is 0. The molecule has 2 rings (SSSR count). The minimum Gasteiger partial charge on any atom is -0.148 e. The maximum atomic E-state index is 3.82. The Morgan fingerprint density at radius 2 is 1.89 bits per heavy atom. The summed E-state index contributed by atoms with van der Waals surface area (Å²) < 4.78 is 0. The second-order valence-corrected chi connectivity index (χ2v) is 2.19. The third kappa shape index (κ3) is 0.560. The lowest BCUT2D eigenvalue weighted by atomic mass is 10.2. The van der Waals surface area contributed by atoms with Gasteiger partial charge in [-0.15, -0.1) is 10.2 Å². The van der Waals surface area contributed by atoms with Crippen molar-refractivity contribution in [1.29, 1.82) is 0 Å². The number of aryl methyl sites for hydroxylation is 1. The van der Waals surface area contributed by atoms with Crippen LogP contribution < -0.4 is 0 Å². The van der Waals surface area contributed by atoms with Crippen LogP contribution in [0.3, 0.4) is 0 Å². The van der Waals surface area contributed by atoms with Crippen LogP contribution in [0.1, 0.15) is 5.56 Å². The Morgan fingerprint density at radius 3 is 2.33 bits per heavy atom. The Labute approximate surface area is 53.2 Å². The van der Waals surface area contributed by atoms with E-state index in [1.54, 1.807) is 0 Å². The monoisotopic (exact) mass is 118 g/mol. The summed E-state index contributed by atoms with van der Waals surface area (Å²) in [6.07, 6.45) is 0. The highest BCUT2D eigenvalue weighted by Gasteiger charge is 2.06. The summed E-state index contributed by atoms with van der Waals surface area (Å²) in [6.45, 7) is 2.05. The van der Waals surface area contributed by atoms with E-state index in [0.29, 0.717) is 0 Å². The van der Waals surface area contributed by atoms with Gasteiger partial charge in [-0.25, -0.2) is 0 Å². The molecule has 0 unspecified atom stereocenters. The van der Waals surface area contributed by atoms with E-state index in [9.17, 15) is 0 Å². The van der Waals surface area contributed by atoms with Gasteiger partial charge in [-0.05, 0) is 24.6 Å². The van der Waals surface area contributed by atoms with E-state index in [1.165, 1.54) is 5.56 Å². The van der Waals surface area contributed by atoms with Crippen LogP contribution in [-0.2, 0) is 0 Å². The largest absolute Gasteiger partial charge is 0.148 e. The third-order valence-corrected chi connectivity index (χ3v) is 1.40. The zero-order chi connectivity index (χ0) is 6.27. The third-order valence-electron chi connectivity index (χ3n) is 1.40. The summed E-state index contributed by atoms with van der Waals surface area (Å²) in [5.74, 6) is 0. The zero-order valence-electron chi connectivity index (χ0n) is 5.13. The fraction of sp³-hybridized carbons (Fsp3) is 0.143. The molecule has 1 aromatic carbocycles. The number of hydrogen-bond acceptors (Lipinski definition) is 2. The van der Waals surface area contributed by atoms with Crippen molar-refractivity contribution in [2.45, 2.75) is 6.92 Å². The van der Waals surface area contributed by atoms with Crippen LogP contribution in [-0.4, -0.2) is 0 Å². The van der Waals surface area contributed by atoms with Crippen LogP contribution in [0.15, 0.2) is 28.4 Å². The first-order valence-electron chi connectivity index (χ1n) is 2.89. The molecule has 0 saturated heterocycles. The first-order chi connectivity index (χ1) is 4.36. The smallest absolute Gasteiger partial charge is 0.113 e. The van der Waals surface area contributed by atoms with Crippen molar-refractivity contribution in [3.8, 4) is 0 Å². The Kier molecular flexibility index (Phi) is 0.730. The molecule has 9 heavy (non-hydrogen) atoms. The van der Waals surface area contributed by atoms with Gasteiger partial charge in [0.05, 0.1) is 0 Å². The van der Waals surface area contributed by atoms with Crippen LogP contribution in [0, 0.1) is 6.92 Å². The highest BCUT2D eigenvalue weighted by Crippen LogP contribution is 2.37. The summed E-state index contributed by atoms with van der Waals surface area (Å²) in [6, 6.07) is 6.05. The van der Waals surface area contributed by atoms with Crippen LogP contribution in [0.5, 0.6) is 0 Å². The first-order valence-corrected chi connectivity index (χ1v) is 2.89. The molecule has 0 atom stereocenters. The summed E-state index contributed by atoms with van der Waals surface area (Å²) in [5.41, 5.74) is 3.28. The maximum absolute atomic E-state index is 3.82. The SMILES string of the molecule is Cc1ccc2c(c1)N=N2. The lowest BCUT2D eigenvalue weighted by Crippen LogP contribution is -1.77. The van der Waals surface area contributed by atoms with E-state index in [-0.39, 0.29) is 0 Å². The fourth-order valence-electron chi connectivity index (χ4n) is 0.861. The molecule has 0 bridgehead atoms. The van der Waals surface area contributed by atoms with Gasteiger partial charge in [0.2, 0.25) is 0 Å². The molecule has 44 valence electrons. The minimum absolute atomic E-state index is 1.01. The first kappa shape index (κ1) is 4.68. The molecular formula is C7H6N2. The molecule has 1 aliphatic rings. The Bertz CT molecular complexity index is 276. The van der Waals surface area contributed by atoms with Gasteiger partial charge in [0.1, 0.15) is 11.4 Å². The lowest BCUT2D eigenvalue weighted by Gasteiger charge is -2.05. The molecule has 0 saturated carbocycles. The number of hydrogen-bond donors (Lipinski definition) is 0. The van der Waals surface area contributed by atoms with Crippen LogP contribution >= 0.6 is 0 Å². The van der Waals surface area contributed by atoms with Crippen molar-refractivity contribution in [3.05, 3.63) is 23.8 Å². The van der Waals surface area contributed by atoms with E-state index in [2.05, 4.69) is 10.2 Å². The predicted octanol–water partition coefficient (Wildman–Crippen LogP) is 2.72. The van der Waals surface area contributed by atoms with Crippen LogP contribution in [0.4, 0.5) is 11.4 Å². The number of nitrogens with zero attached hydrogens (tertiary/aromatic N) is 2. The van der Waals surface area contributed by atoms with Crippen molar-refractivity contribution in [2.24, 2.45) is 10.2 Å². The number of fused-ring (bicyclic) bond motifs is 1. The zero-order valence-corrected chi connectivity index (χ0v) is 5.13. The quantitative estimate of drug-likeness (QED) is 0.508. The van der Waals surface area contributed by atoms with E-state index in [0.717, 1.165) is 11.4 Å². The van der Waals surface area contributed by atoms with Gasteiger partial charge < -0.3 is 0 Å². The van der Waals surface area contributed by atoms with Crippen LogP contribution in [0.25, 0.3) is 0 Å². The average molecular weight is 118 g/mol. The highest BCUT2D eigenvalue weighted by atomic mass is 15.2. The molecule has 0 aromatic heterocycles. The summed E-state index contributed by atoms with van der Waals surface area (Å²) in [5, 5.41) is 7.62. The molecule has 0 fully saturated rings. The van der Waals surface area contributed by atoms with E-state index < -0.39 is 0 Å². The van der Waals surface area contributed by atoms with Crippen molar-refractivity contribution in [2.75, 3.05) is 0 Å².